The predicted octanol–water partition coefficient (Wildman–Crippen LogP) is 4.14. The molecular formula is C22H16N2O3. The highest BCUT2D eigenvalue weighted by Gasteiger charge is 2.11. The third-order valence-electron chi connectivity index (χ3n) is 4.48. The molecule has 1 N–H and O–H groups in total. The first-order chi connectivity index (χ1) is 13.2. The lowest BCUT2D eigenvalue weighted by Gasteiger charge is -2.13. The molecule has 4 rings (SSSR count). The number of nitrogens with zero attached hydrogens (tertiary/aromatic N) is 1. The Hall–Kier alpha value is -3.78. The third-order valence-corrected chi connectivity index (χ3v) is 4.48. The number of hydrogen-bond donors (Lipinski definition) is 1. The van der Waals surface area contributed by atoms with Crippen molar-refractivity contribution in [3.63, 3.8) is 0 Å². The molecule has 132 valence electrons. The minimum atomic E-state index is -0.281. The molecule has 0 amide bonds. The second-order valence-corrected chi connectivity index (χ2v) is 6.17. The van der Waals surface area contributed by atoms with Gasteiger partial charge in [0.15, 0.2) is 11.5 Å². The number of nitrogens with one attached hydrogen (secondary N) is 1. The lowest BCUT2D eigenvalue weighted by Crippen LogP contribution is -2.07. The van der Waals surface area contributed by atoms with Crippen LogP contribution >= 0.6 is 0 Å². The largest absolute Gasteiger partial charge is 0.493 e. The van der Waals surface area contributed by atoms with Crippen LogP contribution in [-0.2, 0) is 6.61 Å². The van der Waals surface area contributed by atoms with E-state index in [1.807, 2.05) is 54.6 Å². The maximum Gasteiger partial charge on any atom is 0.207 e. The second kappa shape index (κ2) is 6.85. The Bertz CT molecular complexity index is 1240. The van der Waals surface area contributed by atoms with Gasteiger partial charge in [0.25, 0.3) is 0 Å². The molecule has 27 heavy (non-hydrogen) atoms. The number of ether oxygens (including phenoxy) is 2. The van der Waals surface area contributed by atoms with Gasteiger partial charge in [0, 0.05) is 17.1 Å². The molecule has 3 aromatic carbocycles. The molecule has 0 aliphatic rings. The van der Waals surface area contributed by atoms with Gasteiger partial charge in [-0.1, -0.05) is 30.3 Å². The van der Waals surface area contributed by atoms with Gasteiger partial charge in [0.1, 0.15) is 18.2 Å². The van der Waals surface area contributed by atoms with Gasteiger partial charge < -0.3 is 14.5 Å². The van der Waals surface area contributed by atoms with Crippen LogP contribution in [-0.4, -0.2) is 12.1 Å². The van der Waals surface area contributed by atoms with E-state index in [0.717, 1.165) is 16.3 Å². The molecule has 0 bridgehead atoms. The summed E-state index contributed by atoms with van der Waals surface area (Å²) in [7, 11) is 1.58. The topological polar surface area (TPSA) is 75.1 Å². The van der Waals surface area contributed by atoms with Crippen LogP contribution in [0, 0.1) is 11.3 Å². The lowest BCUT2D eigenvalue weighted by atomic mass is 10.0. The molecule has 0 saturated carbocycles. The fourth-order valence-electron chi connectivity index (χ4n) is 3.07. The van der Waals surface area contributed by atoms with E-state index in [0.29, 0.717) is 29.0 Å². The number of fused-ring (bicyclic) bond motifs is 2. The van der Waals surface area contributed by atoms with Crippen LogP contribution in [0.5, 0.6) is 11.5 Å². The molecule has 5 heteroatoms. The summed E-state index contributed by atoms with van der Waals surface area (Å²) in [5, 5.41) is 11.3. The van der Waals surface area contributed by atoms with Gasteiger partial charge in [0.05, 0.1) is 7.11 Å². The Morgan fingerprint density at radius 3 is 2.52 bits per heavy atom. The summed E-state index contributed by atoms with van der Waals surface area (Å²) in [6.07, 6.45) is 1.44. The van der Waals surface area contributed by atoms with Crippen LogP contribution in [0.2, 0.25) is 0 Å². The monoisotopic (exact) mass is 356 g/mol. The summed E-state index contributed by atoms with van der Waals surface area (Å²) < 4.78 is 11.4. The minimum absolute atomic E-state index is 0.0941. The van der Waals surface area contributed by atoms with E-state index in [2.05, 4.69) is 4.98 Å². The molecule has 0 aliphatic heterocycles. The molecule has 0 aliphatic carbocycles. The molecule has 0 atom stereocenters. The molecular weight excluding hydrogens is 340 g/mol. The Labute approximate surface area is 155 Å². The minimum Gasteiger partial charge on any atom is -0.493 e. The first kappa shape index (κ1) is 16.7. The van der Waals surface area contributed by atoms with E-state index < -0.39 is 0 Å². The smallest absolute Gasteiger partial charge is 0.207 e. The number of aromatic amines is 1. The van der Waals surface area contributed by atoms with Crippen molar-refractivity contribution in [1.29, 1.82) is 5.26 Å². The van der Waals surface area contributed by atoms with Gasteiger partial charge in [-0.15, -0.1) is 0 Å². The van der Waals surface area contributed by atoms with E-state index in [9.17, 15) is 4.79 Å². The quantitative estimate of drug-likeness (QED) is 0.558. The number of H-pyrrole nitrogens is 1. The molecule has 1 heterocycles. The summed E-state index contributed by atoms with van der Waals surface area (Å²) in [6.45, 7) is 0.429. The molecule has 5 nitrogen and oxygen atoms in total. The van der Waals surface area contributed by atoms with Gasteiger partial charge in [-0.25, -0.2) is 0 Å². The predicted molar refractivity (Wildman–Crippen MR) is 104 cm³/mol. The van der Waals surface area contributed by atoms with Crippen LogP contribution in [0.4, 0.5) is 0 Å². The lowest BCUT2D eigenvalue weighted by molar-refractivity contribution is 0.285. The van der Waals surface area contributed by atoms with Gasteiger partial charge in [-0.2, -0.15) is 5.26 Å². The van der Waals surface area contributed by atoms with E-state index in [-0.39, 0.29) is 11.0 Å². The Morgan fingerprint density at radius 1 is 1.04 bits per heavy atom. The number of nitriles is 1. The highest BCUT2D eigenvalue weighted by molar-refractivity contribution is 5.98. The van der Waals surface area contributed by atoms with Crippen LogP contribution in [0.15, 0.2) is 65.6 Å². The molecule has 0 radical (unpaired) electrons. The normalized spacial score (nSPS) is 10.7. The number of rotatable bonds is 4. The highest BCUT2D eigenvalue weighted by Crippen LogP contribution is 2.34. The van der Waals surface area contributed by atoms with Crippen molar-refractivity contribution < 1.29 is 9.47 Å². The van der Waals surface area contributed by atoms with Crippen LogP contribution in [0.1, 0.15) is 11.1 Å². The molecule has 4 aromatic rings. The number of aromatic nitrogens is 1. The maximum atomic E-state index is 12.4. The van der Waals surface area contributed by atoms with Gasteiger partial charge >= 0.3 is 0 Å². The van der Waals surface area contributed by atoms with Crippen LogP contribution in [0.3, 0.4) is 0 Å². The van der Waals surface area contributed by atoms with Crippen molar-refractivity contribution >= 4 is 21.7 Å². The number of methoxy groups -OCH3 is 1. The zero-order valence-corrected chi connectivity index (χ0v) is 14.7. The van der Waals surface area contributed by atoms with Gasteiger partial charge in [0.2, 0.25) is 5.43 Å². The average Bonchev–Trinajstić information content (AvgIpc) is 2.71. The first-order valence-electron chi connectivity index (χ1n) is 8.43. The third kappa shape index (κ3) is 3.09. The zero-order chi connectivity index (χ0) is 18.8. The van der Waals surface area contributed by atoms with Gasteiger partial charge in [-0.05, 0) is 40.6 Å². The summed E-state index contributed by atoms with van der Waals surface area (Å²) in [6, 6.07) is 19.2. The first-order valence-corrected chi connectivity index (χ1v) is 8.43. The van der Waals surface area contributed by atoms with Crippen molar-refractivity contribution in [3.8, 4) is 17.6 Å². The highest BCUT2D eigenvalue weighted by atomic mass is 16.5. The van der Waals surface area contributed by atoms with E-state index in [1.165, 1.54) is 6.20 Å². The van der Waals surface area contributed by atoms with Crippen LogP contribution < -0.4 is 14.9 Å². The van der Waals surface area contributed by atoms with Crippen molar-refractivity contribution in [2.24, 2.45) is 0 Å². The number of pyridine rings is 1. The SMILES string of the molecule is COc1cc2cc3c(=O)c(C#N)c[nH]c3cc2cc1OCc1ccccc1. The van der Waals surface area contributed by atoms with E-state index in [4.69, 9.17) is 14.7 Å². The Balaban J connectivity index is 1.80. The van der Waals surface area contributed by atoms with E-state index >= 15 is 0 Å². The second-order valence-electron chi connectivity index (χ2n) is 6.17. The molecule has 1 aromatic heterocycles. The van der Waals surface area contributed by atoms with E-state index in [1.54, 1.807) is 13.2 Å². The summed E-state index contributed by atoms with van der Waals surface area (Å²) in [5.41, 5.74) is 1.55. The molecule has 0 unspecified atom stereocenters. The molecule has 0 spiro atoms. The summed E-state index contributed by atoms with van der Waals surface area (Å²) in [5.74, 6) is 1.22. The van der Waals surface area contributed by atoms with Crippen molar-refractivity contribution in [2.45, 2.75) is 6.61 Å². The molecule has 0 fully saturated rings. The van der Waals surface area contributed by atoms with Crippen molar-refractivity contribution in [3.05, 3.63) is 82.1 Å². The summed E-state index contributed by atoms with van der Waals surface area (Å²) >= 11 is 0. The van der Waals surface area contributed by atoms with Crippen molar-refractivity contribution in [2.75, 3.05) is 7.11 Å². The Morgan fingerprint density at radius 2 is 1.78 bits per heavy atom. The van der Waals surface area contributed by atoms with Gasteiger partial charge in [-0.3, -0.25) is 4.79 Å². The van der Waals surface area contributed by atoms with Crippen molar-refractivity contribution in [1.82, 2.24) is 4.98 Å². The fourth-order valence-corrected chi connectivity index (χ4v) is 3.07. The Kier molecular flexibility index (Phi) is 4.23. The fraction of sp³-hybridized carbons (Fsp3) is 0.0909. The zero-order valence-electron chi connectivity index (χ0n) is 14.7. The maximum absolute atomic E-state index is 12.4. The number of benzene rings is 3. The average molecular weight is 356 g/mol. The standard InChI is InChI=1S/C22H16N2O3/c1-26-20-9-15-7-18-19(24-12-17(11-23)22(18)25)8-16(15)10-21(20)27-13-14-5-3-2-4-6-14/h2-10,12H,13H2,1H3,(H,24,25). The number of hydrogen-bond acceptors (Lipinski definition) is 4. The summed E-state index contributed by atoms with van der Waals surface area (Å²) in [4.78, 5) is 15.4. The van der Waals surface area contributed by atoms with Crippen LogP contribution in [0.25, 0.3) is 21.7 Å². The molecule has 0 saturated heterocycles.